The molecular formula is C18H16F2N4O3S. The normalized spacial score (nSPS) is 11.5. The van der Waals surface area contributed by atoms with Gasteiger partial charge in [-0.25, -0.2) is 13.4 Å². The summed E-state index contributed by atoms with van der Waals surface area (Å²) in [6.45, 7) is 0.472. The van der Waals surface area contributed by atoms with Crippen LogP contribution < -0.4 is 5.32 Å². The van der Waals surface area contributed by atoms with Crippen molar-refractivity contribution in [1.29, 1.82) is 0 Å². The van der Waals surface area contributed by atoms with Crippen LogP contribution in [-0.4, -0.2) is 41.2 Å². The van der Waals surface area contributed by atoms with E-state index in [1.54, 1.807) is 35.3 Å². The van der Waals surface area contributed by atoms with Gasteiger partial charge in [-0.1, -0.05) is 18.2 Å². The molecule has 1 N–H and O–H groups in total. The lowest BCUT2D eigenvalue weighted by Crippen LogP contribution is -2.29. The maximum Gasteiger partial charge on any atom is 0.341 e. The second-order valence-corrected chi connectivity index (χ2v) is 7.60. The van der Waals surface area contributed by atoms with Crippen molar-refractivity contribution >= 4 is 15.7 Å². The fourth-order valence-corrected chi connectivity index (χ4v) is 3.53. The zero-order valence-corrected chi connectivity index (χ0v) is 15.3. The molecule has 28 heavy (non-hydrogen) atoms. The predicted molar refractivity (Wildman–Crippen MR) is 97.4 cm³/mol. The van der Waals surface area contributed by atoms with Crippen LogP contribution in [-0.2, 0) is 16.4 Å². The molecule has 146 valence electrons. The summed E-state index contributed by atoms with van der Waals surface area (Å²) in [6, 6.07) is 10.3. The highest BCUT2D eigenvalue weighted by Crippen LogP contribution is 2.22. The van der Waals surface area contributed by atoms with E-state index in [0.717, 1.165) is 6.07 Å². The number of sulfone groups is 1. The van der Waals surface area contributed by atoms with Crippen LogP contribution in [0.4, 0.5) is 8.78 Å². The summed E-state index contributed by atoms with van der Waals surface area (Å²) in [6.07, 6.45) is 4.94. The van der Waals surface area contributed by atoms with E-state index in [2.05, 4.69) is 15.3 Å². The molecule has 0 radical (unpaired) electrons. The first-order valence-electron chi connectivity index (χ1n) is 8.23. The summed E-state index contributed by atoms with van der Waals surface area (Å²) in [5.41, 5.74) is 0.338. The van der Waals surface area contributed by atoms with Crippen molar-refractivity contribution in [2.75, 3.05) is 6.54 Å². The van der Waals surface area contributed by atoms with Crippen molar-refractivity contribution in [2.45, 2.75) is 17.2 Å². The number of nitrogens with one attached hydrogen (secondary N) is 1. The number of benzene rings is 1. The smallest absolute Gasteiger partial charge is 0.341 e. The number of carbonyl (C=O) groups is 1. The molecule has 0 saturated carbocycles. The van der Waals surface area contributed by atoms with Gasteiger partial charge in [-0.2, -0.15) is 8.78 Å². The highest BCUT2D eigenvalue weighted by molar-refractivity contribution is 7.91. The van der Waals surface area contributed by atoms with Crippen LogP contribution in [0.3, 0.4) is 0 Å². The highest BCUT2D eigenvalue weighted by Gasteiger charge is 2.30. The van der Waals surface area contributed by atoms with Crippen LogP contribution in [0.25, 0.3) is 11.5 Å². The van der Waals surface area contributed by atoms with E-state index in [9.17, 15) is 22.0 Å². The molecule has 0 atom stereocenters. The molecule has 0 saturated heterocycles. The molecule has 1 amide bonds. The van der Waals surface area contributed by atoms with Crippen LogP contribution in [0.5, 0.6) is 0 Å². The number of halogens is 2. The summed E-state index contributed by atoms with van der Waals surface area (Å²) in [5, 5.41) is 2.55. The number of aromatic nitrogens is 3. The lowest BCUT2D eigenvalue weighted by Gasteiger charge is -2.11. The Morgan fingerprint density at radius 3 is 2.54 bits per heavy atom. The molecule has 0 fully saturated rings. The van der Waals surface area contributed by atoms with Crippen LogP contribution >= 0.6 is 0 Å². The average Bonchev–Trinajstić information content (AvgIpc) is 3.17. The number of hydrogen-bond donors (Lipinski definition) is 1. The van der Waals surface area contributed by atoms with Gasteiger partial charge in [0, 0.05) is 31.7 Å². The van der Waals surface area contributed by atoms with Gasteiger partial charge in [0.2, 0.25) is 9.84 Å². The van der Waals surface area contributed by atoms with Crippen molar-refractivity contribution in [3.63, 3.8) is 0 Å². The van der Waals surface area contributed by atoms with Gasteiger partial charge in [0.05, 0.1) is 10.5 Å². The van der Waals surface area contributed by atoms with Crippen molar-refractivity contribution in [2.24, 2.45) is 0 Å². The molecule has 0 unspecified atom stereocenters. The van der Waals surface area contributed by atoms with Crippen molar-refractivity contribution in [1.82, 2.24) is 19.9 Å². The molecule has 0 aliphatic rings. The Morgan fingerprint density at radius 1 is 1.07 bits per heavy atom. The zero-order valence-electron chi connectivity index (χ0n) is 14.5. The van der Waals surface area contributed by atoms with Crippen LogP contribution in [0.2, 0.25) is 0 Å². The fourth-order valence-electron chi connectivity index (χ4n) is 2.60. The number of imidazole rings is 1. The summed E-state index contributed by atoms with van der Waals surface area (Å²) in [5.74, 6) is -3.75. The lowest BCUT2D eigenvalue weighted by atomic mass is 10.2. The minimum atomic E-state index is -4.88. The van der Waals surface area contributed by atoms with E-state index >= 15 is 0 Å². The van der Waals surface area contributed by atoms with Gasteiger partial charge in [-0.05, 0) is 24.3 Å². The molecule has 1 aromatic carbocycles. The molecular weight excluding hydrogens is 390 g/mol. The predicted octanol–water partition coefficient (Wildman–Crippen LogP) is 2.37. The van der Waals surface area contributed by atoms with E-state index in [4.69, 9.17) is 0 Å². The van der Waals surface area contributed by atoms with Crippen molar-refractivity contribution in [3.05, 3.63) is 66.6 Å². The Labute approximate surface area is 160 Å². The second-order valence-electron chi connectivity index (χ2n) is 5.72. The summed E-state index contributed by atoms with van der Waals surface area (Å²) in [4.78, 5) is 20.1. The maximum absolute atomic E-state index is 12.8. The third kappa shape index (κ3) is 4.06. The second kappa shape index (κ2) is 8.26. The number of carbonyl (C=O) groups excluding carboxylic acids is 1. The zero-order chi connectivity index (χ0) is 20.1. The third-order valence-corrected chi connectivity index (χ3v) is 5.36. The van der Waals surface area contributed by atoms with Gasteiger partial charge in [0.25, 0.3) is 5.91 Å². The van der Waals surface area contributed by atoms with E-state index in [1.165, 1.54) is 18.2 Å². The van der Waals surface area contributed by atoms with Crippen LogP contribution in [0.1, 0.15) is 10.4 Å². The molecule has 0 spiro atoms. The standard InChI is InChI=1S/C18H16F2N4O3S/c19-18(20)28(26,27)15-7-2-1-5-13(15)17(25)23-10-12-24-11-9-22-16(24)14-6-3-4-8-21-14/h1-9,11,18H,10,12H2,(H,23,25). The van der Waals surface area contributed by atoms with Gasteiger partial charge in [-0.3, -0.25) is 9.78 Å². The summed E-state index contributed by atoms with van der Waals surface area (Å²) in [7, 11) is -4.88. The van der Waals surface area contributed by atoms with Crippen LogP contribution in [0, 0.1) is 0 Å². The van der Waals surface area contributed by atoms with E-state index < -0.39 is 26.4 Å². The number of amides is 1. The molecule has 0 aliphatic carbocycles. The topological polar surface area (TPSA) is 93.9 Å². The van der Waals surface area contributed by atoms with E-state index in [-0.39, 0.29) is 12.1 Å². The van der Waals surface area contributed by atoms with Crippen LogP contribution in [0.15, 0.2) is 66.0 Å². The molecule has 7 nitrogen and oxygen atoms in total. The molecule has 3 rings (SSSR count). The van der Waals surface area contributed by atoms with Crippen molar-refractivity contribution in [3.8, 4) is 11.5 Å². The first-order chi connectivity index (χ1) is 13.4. The van der Waals surface area contributed by atoms with E-state index in [1.807, 2.05) is 6.07 Å². The Balaban J connectivity index is 1.71. The number of alkyl halides is 2. The summed E-state index contributed by atoms with van der Waals surface area (Å²) < 4.78 is 51.0. The van der Waals surface area contributed by atoms with Gasteiger partial charge in [0.1, 0.15) is 5.69 Å². The largest absolute Gasteiger partial charge is 0.350 e. The highest BCUT2D eigenvalue weighted by atomic mass is 32.2. The average molecular weight is 406 g/mol. The SMILES string of the molecule is O=C(NCCn1ccnc1-c1ccccn1)c1ccccc1S(=O)(=O)C(F)F. The summed E-state index contributed by atoms with van der Waals surface area (Å²) >= 11 is 0. The van der Waals surface area contributed by atoms with Gasteiger partial charge >= 0.3 is 5.76 Å². The van der Waals surface area contributed by atoms with Gasteiger partial charge < -0.3 is 9.88 Å². The van der Waals surface area contributed by atoms with Gasteiger partial charge in [-0.15, -0.1) is 0 Å². The lowest BCUT2D eigenvalue weighted by molar-refractivity contribution is 0.0949. The minimum Gasteiger partial charge on any atom is -0.350 e. The Kier molecular flexibility index (Phi) is 5.78. The Hall–Kier alpha value is -3.14. The maximum atomic E-state index is 12.8. The van der Waals surface area contributed by atoms with Crippen molar-refractivity contribution < 1.29 is 22.0 Å². The first-order valence-corrected chi connectivity index (χ1v) is 9.77. The number of nitrogens with zero attached hydrogens (tertiary/aromatic N) is 3. The molecule has 0 aliphatic heterocycles. The Morgan fingerprint density at radius 2 is 1.82 bits per heavy atom. The fraction of sp³-hybridized carbons (Fsp3) is 0.167. The molecule has 3 aromatic rings. The molecule has 0 bridgehead atoms. The molecule has 2 heterocycles. The number of rotatable bonds is 7. The molecule has 2 aromatic heterocycles. The first kappa shape index (κ1) is 19.6. The third-order valence-electron chi connectivity index (χ3n) is 3.92. The van der Waals surface area contributed by atoms with E-state index in [0.29, 0.717) is 18.1 Å². The van der Waals surface area contributed by atoms with Gasteiger partial charge in [0.15, 0.2) is 5.82 Å². The minimum absolute atomic E-state index is 0.137. The molecule has 10 heteroatoms. The number of hydrogen-bond acceptors (Lipinski definition) is 5. The number of pyridine rings is 1. The Bertz CT molecular complexity index is 1070. The monoisotopic (exact) mass is 406 g/mol. The quantitative estimate of drug-likeness (QED) is 0.650.